The minimum absolute atomic E-state index is 0.151. The molecule has 88 valence electrons. The molecule has 0 radical (unpaired) electrons. The first-order chi connectivity index (χ1) is 8.23. The van der Waals surface area contributed by atoms with Gasteiger partial charge in [-0.1, -0.05) is 24.3 Å². The maximum absolute atomic E-state index is 9.80. The Morgan fingerprint density at radius 1 is 1.29 bits per heavy atom. The Kier molecular flexibility index (Phi) is 2.30. The average Bonchev–Trinajstić information content (AvgIpc) is 2.92. The third kappa shape index (κ3) is 1.58. The van der Waals surface area contributed by atoms with Crippen LogP contribution in [0.1, 0.15) is 16.8 Å². The summed E-state index contributed by atoms with van der Waals surface area (Å²) in [5, 5.41) is 9.80. The van der Waals surface area contributed by atoms with Crippen LogP contribution in [0.3, 0.4) is 0 Å². The van der Waals surface area contributed by atoms with Gasteiger partial charge in [-0.2, -0.15) is 0 Å². The van der Waals surface area contributed by atoms with Gasteiger partial charge in [0.2, 0.25) is 0 Å². The van der Waals surface area contributed by atoms with E-state index >= 15 is 0 Å². The van der Waals surface area contributed by atoms with Gasteiger partial charge in [0, 0.05) is 18.7 Å². The summed E-state index contributed by atoms with van der Waals surface area (Å²) in [6.45, 7) is 0.151. The van der Waals surface area contributed by atoms with Gasteiger partial charge in [0.25, 0.3) is 0 Å². The second-order valence-corrected chi connectivity index (χ2v) is 4.99. The van der Waals surface area contributed by atoms with Crippen LogP contribution in [0.4, 0.5) is 0 Å². The lowest BCUT2D eigenvalue weighted by molar-refractivity contribution is 0.195. The molecule has 0 fully saturated rings. The molecular weight excluding hydrogens is 212 g/mol. The first kappa shape index (κ1) is 10.5. The molecule has 2 aromatic rings. The van der Waals surface area contributed by atoms with Crippen LogP contribution in [0.5, 0.6) is 0 Å². The van der Waals surface area contributed by atoms with Crippen LogP contribution < -0.4 is 0 Å². The zero-order valence-corrected chi connectivity index (χ0v) is 9.93. The molecule has 3 nitrogen and oxygen atoms in total. The lowest BCUT2D eigenvalue weighted by Gasteiger charge is -2.24. The molecule has 17 heavy (non-hydrogen) atoms. The fourth-order valence-electron chi connectivity index (χ4n) is 2.75. The van der Waals surface area contributed by atoms with E-state index in [9.17, 15) is 5.11 Å². The summed E-state index contributed by atoms with van der Waals surface area (Å²) >= 11 is 0. The number of nitrogens with zero attached hydrogens (tertiary/aromatic N) is 2. The van der Waals surface area contributed by atoms with Gasteiger partial charge < -0.3 is 9.67 Å². The van der Waals surface area contributed by atoms with Gasteiger partial charge in [0.05, 0.1) is 18.6 Å². The summed E-state index contributed by atoms with van der Waals surface area (Å²) < 4.78 is 1.94. The lowest BCUT2D eigenvalue weighted by Crippen LogP contribution is -2.31. The molecular formula is C14H16N2O. The predicted molar refractivity (Wildman–Crippen MR) is 65.8 cm³/mol. The predicted octanol–water partition coefficient (Wildman–Crippen LogP) is 1.45. The van der Waals surface area contributed by atoms with Gasteiger partial charge in [-0.15, -0.1) is 0 Å². The Labute approximate surface area is 101 Å². The molecule has 0 saturated carbocycles. The standard InChI is InChI=1S/C14H16N2O/c1-16-8-13(15-10-16)14(9-17)6-11-4-2-3-5-12(11)7-14/h2-5,8,10,17H,6-7,9H2,1H3. The highest BCUT2D eigenvalue weighted by molar-refractivity contribution is 5.39. The Bertz CT molecular complexity index is 520. The van der Waals surface area contributed by atoms with Crippen LogP contribution in [-0.2, 0) is 25.3 Å². The maximum Gasteiger partial charge on any atom is 0.0947 e. The molecule has 3 heteroatoms. The van der Waals surface area contributed by atoms with Gasteiger partial charge in [-0.05, 0) is 24.0 Å². The van der Waals surface area contributed by atoms with E-state index in [0.717, 1.165) is 18.5 Å². The van der Waals surface area contributed by atoms with Crippen LogP contribution in [-0.4, -0.2) is 21.3 Å². The topological polar surface area (TPSA) is 38.0 Å². The molecule has 3 rings (SSSR count). The summed E-state index contributed by atoms with van der Waals surface area (Å²) in [5.41, 5.74) is 3.46. The molecule has 1 aliphatic carbocycles. The van der Waals surface area contributed by atoms with Gasteiger partial charge in [-0.3, -0.25) is 0 Å². The van der Waals surface area contributed by atoms with Crippen molar-refractivity contribution in [3.8, 4) is 0 Å². The minimum atomic E-state index is -0.217. The number of aliphatic hydroxyl groups excluding tert-OH is 1. The van der Waals surface area contributed by atoms with Crippen LogP contribution in [0.15, 0.2) is 36.8 Å². The molecule has 0 atom stereocenters. The summed E-state index contributed by atoms with van der Waals surface area (Å²) in [6.07, 6.45) is 5.59. The third-order valence-electron chi connectivity index (χ3n) is 3.73. The molecule has 0 aliphatic heterocycles. The van der Waals surface area contributed by atoms with Crippen LogP contribution in [0.2, 0.25) is 0 Å². The van der Waals surface area contributed by atoms with E-state index in [1.165, 1.54) is 11.1 Å². The highest BCUT2D eigenvalue weighted by Crippen LogP contribution is 2.38. The molecule has 1 aromatic carbocycles. The largest absolute Gasteiger partial charge is 0.395 e. The molecule has 1 aliphatic rings. The Morgan fingerprint density at radius 2 is 1.94 bits per heavy atom. The van der Waals surface area contributed by atoms with Crippen molar-refractivity contribution in [3.63, 3.8) is 0 Å². The van der Waals surface area contributed by atoms with Crippen molar-refractivity contribution in [2.75, 3.05) is 6.61 Å². The van der Waals surface area contributed by atoms with Gasteiger partial charge in [0.1, 0.15) is 0 Å². The molecule has 0 amide bonds. The fourth-order valence-corrected chi connectivity index (χ4v) is 2.75. The zero-order chi connectivity index (χ0) is 11.9. The summed E-state index contributed by atoms with van der Waals surface area (Å²) in [5.74, 6) is 0. The Morgan fingerprint density at radius 3 is 2.41 bits per heavy atom. The van der Waals surface area contributed by atoms with E-state index in [1.807, 2.05) is 17.8 Å². The highest BCUT2D eigenvalue weighted by atomic mass is 16.3. The SMILES string of the molecule is Cn1cnc(C2(CO)Cc3ccccc3C2)c1. The van der Waals surface area contributed by atoms with Gasteiger partial charge >= 0.3 is 0 Å². The van der Waals surface area contributed by atoms with Crippen molar-refractivity contribution < 1.29 is 5.11 Å². The van der Waals surface area contributed by atoms with Crippen molar-refractivity contribution in [3.05, 3.63) is 53.6 Å². The molecule has 1 heterocycles. The van der Waals surface area contributed by atoms with Gasteiger partial charge in [0.15, 0.2) is 0 Å². The summed E-state index contributed by atoms with van der Waals surface area (Å²) in [4.78, 5) is 4.43. The molecule has 0 unspecified atom stereocenters. The quantitative estimate of drug-likeness (QED) is 0.844. The third-order valence-corrected chi connectivity index (χ3v) is 3.73. The first-order valence-electron chi connectivity index (χ1n) is 5.90. The van der Waals surface area contributed by atoms with Gasteiger partial charge in [-0.25, -0.2) is 4.98 Å². The van der Waals surface area contributed by atoms with E-state index in [0.29, 0.717) is 0 Å². The Hall–Kier alpha value is -1.61. The summed E-state index contributed by atoms with van der Waals surface area (Å²) in [6, 6.07) is 8.42. The maximum atomic E-state index is 9.80. The highest BCUT2D eigenvalue weighted by Gasteiger charge is 2.39. The van der Waals surface area contributed by atoms with E-state index < -0.39 is 0 Å². The number of rotatable bonds is 2. The Balaban J connectivity index is 2.03. The van der Waals surface area contributed by atoms with Crippen LogP contribution in [0.25, 0.3) is 0 Å². The lowest BCUT2D eigenvalue weighted by atomic mass is 9.82. The first-order valence-corrected chi connectivity index (χ1v) is 5.90. The summed E-state index contributed by atoms with van der Waals surface area (Å²) in [7, 11) is 1.96. The van der Waals surface area contributed by atoms with Crippen LogP contribution >= 0.6 is 0 Å². The van der Waals surface area contributed by atoms with Crippen molar-refractivity contribution in [1.29, 1.82) is 0 Å². The monoisotopic (exact) mass is 228 g/mol. The van der Waals surface area contributed by atoms with Crippen molar-refractivity contribution in [2.24, 2.45) is 7.05 Å². The number of benzene rings is 1. The normalized spacial score (nSPS) is 17.1. The molecule has 0 bridgehead atoms. The van der Waals surface area contributed by atoms with E-state index in [-0.39, 0.29) is 12.0 Å². The number of aromatic nitrogens is 2. The zero-order valence-electron chi connectivity index (χ0n) is 9.93. The molecule has 1 aromatic heterocycles. The van der Waals surface area contributed by atoms with E-state index in [1.54, 1.807) is 6.33 Å². The van der Waals surface area contributed by atoms with Crippen molar-refractivity contribution in [2.45, 2.75) is 18.3 Å². The van der Waals surface area contributed by atoms with Crippen LogP contribution in [0, 0.1) is 0 Å². The molecule has 1 N–H and O–H groups in total. The van der Waals surface area contributed by atoms with Crippen molar-refractivity contribution >= 4 is 0 Å². The van der Waals surface area contributed by atoms with E-state index in [2.05, 4.69) is 29.2 Å². The average molecular weight is 228 g/mol. The smallest absolute Gasteiger partial charge is 0.0947 e. The second kappa shape index (κ2) is 3.70. The molecule has 0 spiro atoms. The minimum Gasteiger partial charge on any atom is -0.395 e. The van der Waals surface area contributed by atoms with E-state index in [4.69, 9.17) is 0 Å². The second-order valence-electron chi connectivity index (χ2n) is 4.99. The van der Waals surface area contributed by atoms with Crippen molar-refractivity contribution in [1.82, 2.24) is 9.55 Å². The number of hydrogen-bond acceptors (Lipinski definition) is 2. The number of aliphatic hydroxyl groups is 1. The number of hydrogen-bond donors (Lipinski definition) is 1. The fraction of sp³-hybridized carbons (Fsp3) is 0.357. The number of aryl methyl sites for hydroxylation is 1. The number of fused-ring (bicyclic) bond motifs is 1. The number of imidazole rings is 1. The molecule has 0 saturated heterocycles.